The number of piperidine rings is 1. The molecule has 5 heteroatoms. The number of hydrogen-bond acceptors (Lipinski definition) is 4. The molecule has 5 nitrogen and oxygen atoms in total. The van der Waals surface area contributed by atoms with Gasteiger partial charge in [-0.3, -0.25) is 9.69 Å². The molecule has 1 aromatic rings. The van der Waals surface area contributed by atoms with E-state index in [1.165, 1.54) is 5.56 Å². The van der Waals surface area contributed by atoms with Crippen LogP contribution in [-0.4, -0.2) is 59.6 Å². The molecule has 0 radical (unpaired) electrons. The van der Waals surface area contributed by atoms with Gasteiger partial charge in [0.25, 0.3) is 0 Å². The van der Waals surface area contributed by atoms with Gasteiger partial charge in [-0.1, -0.05) is 12.1 Å². The van der Waals surface area contributed by atoms with Crippen molar-refractivity contribution in [1.29, 1.82) is 0 Å². The van der Waals surface area contributed by atoms with Crippen LogP contribution < -0.4 is 5.73 Å². The standard InChI is InChI=1S/C19H29N3O2/c1-21-16(5-6-17(21)13-20)12-19(24)22-9-7-14(8-10-22)15-3-2-4-18(23)11-15/h2-4,11,14,16-17,23H,5-10,12-13,20H2,1H3/t16-,17+/m0/s1. The number of nitrogens with zero attached hydrogens (tertiary/aromatic N) is 2. The highest BCUT2D eigenvalue weighted by atomic mass is 16.3. The SMILES string of the molecule is CN1[C@@H](CN)CC[C@H]1CC(=O)N1CCC(c2cccc(O)c2)CC1. The van der Waals surface area contributed by atoms with E-state index in [1.54, 1.807) is 6.07 Å². The zero-order chi connectivity index (χ0) is 17.1. The van der Waals surface area contributed by atoms with Crippen molar-refractivity contribution < 1.29 is 9.90 Å². The summed E-state index contributed by atoms with van der Waals surface area (Å²) in [6.07, 6.45) is 4.74. The van der Waals surface area contributed by atoms with Crippen LogP contribution in [0.2, 0.25) is 0 Å². The second-order valence-corrected chi connectivity index (χ2v) is 7.24. The van der Waals surface area contributed by atoms with Crippen LogP contribution >= 0.6 is 0 Å². The van der Waals surface area contributed by atoms with E-state index in [2.05, 4.69) is 18.0 Å². The highest BCUT2D eigenvalue weighted by Crippen LogP contribution is 2.31. The second-order valence-electron chi connectivity index (χ2n) is 7.24. The summed E-state index contributed by atoms with van der Waals surface area (Å²) in [5, 5.41) is 9.63. The van der Waals surface area contributed by atoms with Crippen LogP contribution in [0.25, 0.3) is 0 Å². The molecule has 2 aliphatic rings. The number of carbonyl (C=O) groups is 1. The van der Waals surface area contributed by atoms with Gasteiger partial charge in [-0.15, -0.1) is 0 Å². The minimum absolute atomic E-state index is 0.277. The van der Waals surface area contributed by atoms with Crippen molar-refractivity contribution in [3.05, 3.63) is 29.8 Å². The molecule has 1 aromatic carbocycles. The van der Waals surface area contributed by atoms with Crippen molar-refractivity contribution >= 4 is 5.91 Å². The molecular weight excluding hydrogens is 302 g/mol. The lowest BCUT2D eigenvalue weighted by molar-refractivity contribution is -0.133. The minimum atomic E-state index is 0.277. The highest BCUT2D eigenvalue weighted by molar-refractivity contribution is 5.77. The molecule has 3 rings (SSSR count). The van der Waals surface area contributed by atoms with E-state index in [1.807, 2.05) is 17.0 Å². The lowest BCUT2D eigenvalue weighted by Crippen LogP contribution is -2.43. The summed E-state index contributed by atoms with van der Waals surface area (Å²) in [4.78, 5) is 16.9. The molecule has 2 heterocycles. The van der Waals surface area contributed by atoms with Gasteiger partial charge in [0.1, 0.15) is 5.75 Å². The quantitative estimate of drug-likeness (QED) is 0.884. The summed E-state index contributed by atoms with van der Waals surface area (Å²) in [5.41, 5.74) is 6.97. The number of rotatable bonds is 4. The van der Waals surface area contributed by atoms with Crippen LogP contribution in [0.5, 0.6) is 5.75 Å². The smallest absolute Gasteiger partial charge is 0.224 e. The molecule has 0 aliphatic carbocycles. The largest absolute Gasteiger partial charge is 0.508 e. The van der Waals surface area contributed by atoms with Gasteiger partial charge in [-0.25, -0.2) is 0 Å². The van der Waals surface area contributed by atoms with Crippen LogP contribution in [0.15, 0.2) is 24.3 Å². The van der Waals surface area contributed by atoms with Gasteiger partial charge in [0, 0.05) is 38.1 Å². The first-order chi connectivity index (χ1) is 11.6. The van der Waals surface area contributed by atoms with Crippen LogP contribution in [0.1, 0.15) is 43.6 Å². The fourth-order valence-electron chi connectivity index (χ4n) is 4.19. The normalized spacial score (nSPS) is 26.0. The maximum absolute atomic E-state index is 12.6. The first-order valence-electron chi connectivity index (χ1n) is 9.07. The van der Waals surface area contributed by atoms with Gasteiger partial charge in [-0.2, -0.15) is 0 Å². The number of phenolic OH excluding ortho intramolecular Hbond substituents is 1. The van der Waals surface area contributed by atoms with E-state index in [-0.39, 0.29) is 5.91 Å². The molecule has 0 saturated carbocycles. The third-order valence-electron chi connectivity index (χ3n) is 5.86. The maximum atomic E-state index is 12.6. The Labute approximate surface area is 144 Å². The van der Waals surface area contributed by atoms with Crippen molar-refractivity contribution in [1.82, 2.24) is 9.80 Å². The van der Waals surface area contributed by atoms with Crippen molar-refractivity contribution in [2.75, 3.05) is 26.7 Å². The molecule has 0 bridgehead atoms. The molecule has 0 aromatic heterocycles. The van der Waals surface area contributed by atoms with Crippen LogP contribution in [0.4, 0.5) is 0 Å². The monoisotopic (exact) mass is 331 g/mol. The molecule has 132 valence electrons. The molecule has 2 saturated heterocycles. The van der Waals surface area contributed by atoms with Gasteiger partial charge in [-0.05, 0) is 56.3 Å². The zero-order valence-corrected chi connectivity index (χ0v) is 14.5. The lowest BCUT2D eigenvalue weighted by Gasteiger charge is -2.34. The third kappa shape index (κ3) is 3.73. The molecule has 24 heavy (non-hydrogen) atoms. The predicted molar refractivity (Wildman–Crippen MR) is 94.9 cm³/mol. The number of aromatic hydroxyl groups is 1. The van der Waals surface area contributed by atoms with Gasteiger partial charge in [0.15, 0.2) is 0 Å². The summed E-state index contributed by atoms with van der Waals surface area (Å²) in [6, 6.07) is 8.29. The number of benzene rings is 1. The van der Waals surface area contributed by atoms with Crippen LogP contribution in [0.3, 0.4) is 0 Å². The van der Waals surface area contributed by atoms with Crippen molar-refractivity contribution in [2.24, 2.45) is 5.73 Å². The molecule has 3 N–H and O–H groups in total. The Morgan fingerprint density at radius 1 is 1.21 bits per heavy atom. The number of nitrogens with two attached hydrogens (primary N) is 1. The Kier molecular flexibility index (Phi) is 5.41. The topological polar surface area (TPSA) is 69.8 Å². The number of likely N-dealkylation sites (tertiary alicyclic amines) is 2. The number of carbonyl (C=O) groups excluding carboxylic acids is 1. The molecule has 0 unspecified atom stereocenters. The van der Waals surface area contributed by atoms with E-state index in [9.17, 15) is 9.90 Å². The highest BCUT2D eigenvalue weighted by Gasteiger charge is 2.33. The van der Waals surface area contributed by atoms with E-state index < -0.39 is 0 Å². The predicted octanol–water partition coefficient (Wildman–Crippen LogP) is 1.91. The third-order valence-corrected chi connectivity index (χ3v) is 5.86. The Morgan fingerprint density at radius 3 is 2.54 bits per heavy atom. The van der Waals surface area contributed by atoms with Gasteiger partial charge in [0.2, 0.25) is 5.91 Å². The molecule has 2 aliphatic heterocycles. The summed E-state index contributed by atoms with van der Waals surface area (Å²) < 4.78 is 0. The average molecular weight is 331 g/mol. The van der Waals surface area contributed by atoms with Crippen LogP contribution in [-0.2, 0) is 4.79 Å². The first kappa shape index (κ1) is 17.2. The van der Waals surface area contributed by atoms with Crippen molar-refractivity contribution in [3.63, 3.8) is 0 Å². The van der Waals surface area contributed by atoms with E-state index >= 15 is 0 Å². The Balaban J connectivity index is 1.50. The second kappa shape index (κ2) is 7.53. The minimum Gasteiger partial charge on any atom is -0.508 e. The molecular formula is C19H29N3O2. The van der Waals surface area contributed by atoms with E-state index in [0.717, 1.165) is 38.8 Å². The summed E-state index contributed by atoms with van der Waals surface area (Å²) in [7, 11) is 2.09. The molecule has 2 fully saturated rings. The maximum Gasteiger partial charge on any atom is 0.224 e. The van der Waals surface area contributed by atoms with Gasteiger partial charge >= 0.3 is 0 Å². The lowest BCUT2D eigenvalue weighted by atomic mass is 9.89. The average Bonchev–Trinajstić information content (AvgIpc) is 2.95. The molecule has 2 atom stereocenters. The zero-order valence-electron chi connectivity index (χ0n) is 14.5. The van der Waals surface area contributed by atoms with E-state index in [0.29, 0.717) is 36.7 Å². The Morgan fingerprint density at radius 2 is 1.92 bits per heavy atom. The Bertz CT molecular complexity index is 569. The molecule has 1 amide bonds. The number of amides is 1. The van der Waals surface area contributed by atoms with Crippen molar-refractivity contribution in [2.45, 2.75) is 50.1 Å². The van der Waals surface area contributed by atoms with E-state index in [4.69, 9.17) is 5.73 Å². The molecule has 0 spiro atoms. The van der Waals surface area contributed by atoms with Crippen molar-refractivity contribution in [3.8, 4) is 5.75 Å². The number of likely N-dealkylation sites (N-methyl/N-ethyl adjacent to an activating group) is 1. The summed E-state index contributed by atoms with van der Waals surface area (Å²) in [5.74, 6) is 1.04. The summed E-state index contributed by atoms with van der Waals surface area (Å²) >= 11 is 0. The number of phenols is 1. The summed E-state index contributed by atoms with van der Waals surface area (Å²) in [6.45, 7) is 2.31. The van der Waals surface area contributed by atoms with Gasteiger partial charge in [0.05, 0.1) is 0 Å². The van der Waals surface area contributed by atoms with Gasteiger partial charge < -0.3 is 15.7 Å². The fourth-order valence-corrected chi connectivity index (χ4v) is 4.19. The van der Waals surface area contributed by atoms with Crippen LogP contribution in [0, 0.1) is 0 Å². The number of hydrogen-bond donors (Lipinski definition) is 2. The fraction of sp³-hybridized carbons (Fsp3) is 0.632. The Hall–Kier alpha value is -1.59. The first-order valence-corrected chi connectivity index (χ1v) is 9.07.